The molecular weight excluding hydrogens is 190 g/mol. The molecule has 5 heteroatoms. The van der Waals surface area contributed by atoms with E-state index in [9.17, 15) is 4.79 Å². The number of halogens is 1. The number of carbonyl (C=O) groups is 1. The molecular formula is C8H12ClN3O. The fraction of sp³-hybridized carbons (Fsp3) is 0.250. The Hall–Kier alpha value is -1.29. The van der Waals surface area contributed by atoms with E-state index in [-0.39, 0.29) is 12.4 Å². The van der Waals surface area contributed by atoms with E-state index in [0.717, 1.165) is 5.69 Å². The average Bonchev–Trinajstić information content (AvgIpc) is 2.04. The molecule has 0 aliphatic heterocycles. The van der Waals surface area contributed by atoms with Crippen LogP contribution in [-0.2, 0) is 0 Å². The summed E-state index contributed by atoms with van der Waals surface area (Å²) in [6.45, 7) is 0. The minimum atomic E-state index is -0.453. The Morgan fingerprint density at radius 2 is 2.08 bits per heavy atom. The number of nitrogens with two attached hydrogens (primary N) is 1. The molecule has 0 saturated carbocycles. The summed E-state index contributed by atoms with van der Waals surface area (Å²) < 4.78 is 0. The molecule has 1 heterocycles. The molecule has 0 saturated heterocycles. The Morgan fingerprint density at radius 1 is 1.46 bits per heavy atom. The first-order valence-electron chi connectivity index (χ1n) is 3.53. The quantitative estimate of drug-likeness (QED) is 0.765. The molecule has 0 fully saturated rings. The standard InChI is InChI=1S/C8H11N3O.ClH/c1-11(2)7-3-6(8(9)12)4-10-5-7;/h3-5H,1-2H3,(H2,9,12);1H. The lowest BCUT2D eigenvalue weighted by Gasteiger charge is -2.11. The van der Waals surface area contributed by atoms with Crippen LogP contribution < -0.4 is 10.6 Å². The molecule has 0 atom stereocenters. The van der Waals surface area contributed by atoms with Gasteiger partial charge in [0.2, 0.25) is 5.91 Å². The highest BCUT2D eigenvalue weighted by atomic mass is 35.5. The maximum atomic E-state index is 10.7. The van der Waals surface area contributed by atoms with Gasteiger partial charge < -0.3 is 10.6 Å². The van der Waals surface area contributed by atoms with Crippen molar-refractivity contribution < 1.29 is 4.79 Å². The minimum absolute atomic E-state index is 0. The van der Waals surface area contributed by atoms with Crippen molar-refractivity contribution in [3.05, 3.63) is 24.0 Å². The molecule has 1 rings (SSSR count). The summed E-state index contributed by atoms with van der Waals surface area (Å²) in [7, 11) is 3.75. The van der Waals surface area contributed by atoms with Crippen molar-refractivity contribution in [1.82, 2.24) is 4.98 Å². The molecule has 2 N–H and O–H groups in total. The van der Waals surface area contributed by atoms with Crippen molar-refractivity contribution in [3.63, 3.8) is 0 Å². The molecule has 0 bridgehead atoms. The number of amides is 1. The highest BCUT2D eigenvalue weighted by Gasteiger charge is 2.02. The highest BCUT2D eigenvalue weighted by molar-refractivity contribution is 5.93. The number of pyridine rings is 1. The Bertz CT molecular complexity index is 301. The number of anilines is 1. The van der Waals surface area contributed by atoms with Gasteiger partial charge in [-0.1, -0.05) is 0 Å². The van der Waals surface area contributed by atoms with Crippen molar-refractivity contribution in [2.45, 2.75) is 0 Å². The van der Waals surface area contributed by atoms with E-state index in [2.05, 4.69) is 4.98 Å². The zero-order chi connectivity index (χ0) is 9.14. The molecule has 1 aromatic rings. The van der Waals surface area contributed by atoms with Crippen LogP contribution in [0.1, 0.15) is 10.4 Å². The van der Waals surface area contributed by atoms with E-state index in [1.807, 2.05) is 19.0 Å². The molecule has 1 aromatic heterocycles. The van der Waals surface area contributed by atoms with Gasteiger partial charge in [0.05, 0.1) is 17.4 Å². The van der Waals surface area contributed by atoms with Gasteiger partial charge in [-0.05, 0) is 6.07 Å². The Morgan fingerprint density at radius 3 is 2.54 bits per heavy atom. The summed E-state index contributed by atoms with van der Waals surface area (Å²) in [5.41, 5.74) is 6.38. The van der Waals surface area contributed by atoms with Gasteiger partial charge >= 0.3 is 0 Å². The van der Waals surface area contributed by atoms with Crippen molar-refractivity contribution in [2.75, 3.05) is 19.0 Å². The second kappa shape index (κ2) is 4.67. The minimum Gasteiger partial charge on any atom is -0.376 e. The van der Waals surface area contributed by atoms with Crippen LogP contribution >= 0.6 is 12.4 Å². The zero-order valence-electron chi connectivity index (χ0n) is 7.52. The maximum Gasteiger partial charge on any atom is 0.250 e. The predicted molar refractivity (Wildman–Crippen MR) is 54.3 cm³/mol. The van der Waals surface area contributed by atoms with Crippen LogP contribution in [0.15, 0.2) is 18.5 Å². The van der Waals surface area contributed by atoms with E-state index < -0.39 is 5.91 Å². The Kier molecular flexibility index (Phi) is 4.20. The van der Waals surface area contributed by atoms with Gasteiger partial charge in [0, 0.05) is 20.3 Å². The lowest BCUT2D eigenvalue weighted by molar-refractivity contribution is 0.1000. The number of aromatic nitrogens is 1. The summed E-state index contributed by atoms with van der Waals surface area (Å²) in [6.07, 6.45) is 3.13. The fourth-order valence-electron chi connectivity index (χ4n) is 0.807. The van der Waals surface area contributed by atoms with Crippen LogP contribution in [0, 0.1) is 0 Å². The molecule has 0 aliphatic rings. The first kappa shape index (κ1) is 11.7. The SMILES string of the molecule is CN(C)c1cncc(C(N)=O)c1.Cl. The van der Waals surface area contributed by atoms with E-state index in [4.69, 9.17) is 5.73 Å². The maximum absolute atomic E-state index is 10.7. The van der Waals surface area contributed by atoms with Crippen molar-refractivity contribution in [1.29, 1.82) is 0 Å². The molecule has 0 spiro atoms. The van der Waals surface area contributed by atoms with E-state index >= 15 is 0 Å². The van der Waals surface area contributed by atoms with Crippen LogP contribution in [0.25, 0.3) is 0 Å². The van der Waals surface area contributed by atoms with E-state index in [0.29, 0.717) is 5.56 Å². The molecule has 0 aromatic carbocycles. The lowest BCUT2D eigenvalue weighted by Crippen LogP contribution is -2.14. The first-order valence-corrected chi connectivity index (χ1v) is 3.53. The van der Waals surface area contributed by atoms with Gasteiger partial charge in [-0.25, -0.2) is 0 Å². The largest absolute Gasteiger partial charge is 0.376 e. The van der Waals surface area contributed by atoms with Gasteiger partial charge in [-0.2, -0.15) is 0 Å². The Labute approximate surface area is 83.2 Å². The van der Waals surface area contributed by atoms with Crippen molar-refractivity contribution in [2.24, 2.45) is 5.73 Å². The van der Waals surface area contributed by atoms with Crippen LogP contribution in [0.3, 0.4) is 0 Å². The van der Waals surface area contributed by atoms with Crippen LogP contribution in [0.4, 0.5) is 5.69 Å². The van der Waals surface area contributed by atoms with Crippen molar-refractivity contribution >= 4 is 24.0 Å². The second-order valence-electron chi connectivity index (χ2n) is 2.69. The molecule has 13 heavy (non-hydrogen) atoms. The summed E-state index contributed by atoms with van der Waals surface area (Å²) in [6, 6.07) is 1.70. The predicted octanol–water partition coefficient (Wildman–Crippen LogP) is 0.668. The molecule has 4 nitrogen and oxygen atoms in total. The van der Waals surface area contributed by atoms with E-state index in [1.54, 1.807) is 12.3 Å². The van der Waals surface area contributed by atoms with Gasteiger partial charge in [0.15, 0.2) is 0 Å². The molecule has 72 valence electrons. The number of rotatable bonds is 2. The number of hydrogen-bond donors (Lipinski definition) is 1. The molecule has 0 aliphatic carbocycles. The first-order chi connectivity index (χ1) is 5.61. The highest BCUT2D eigenvalue weighted by Crippen LogP contribution is 2.10. The van der Waals surface area contributed by atoms with Crippen LogP contribution in [0.5, 0.6) is 0 Å². The fourth-order valence-corrected chi connectivity index (χ4v) is 0.807. The summed E-state index contributed by atoms with van der Waals surface area (Å²) in [5, 5.41) is 0. The van der Waals surface area contributed by atoms with Crippen molar-refractivity contribution in [3.8, 4) is 0 Å². The Balaban J connectivity index is 0.00000144. The van der Waals surface area contributed by atoms with Gasteiger partial charge in [0.1, 0.15) is 0 Å². The normalized spacial score (nSPS) is 8.77. The second-order valence-corrected chi connectivity index (χ2v) is 2.69. The average molecular weight is 202 g/mol. The van der Waals surface area contributed by atoms with Gasteiger partial charge in [-0.15, -0.1) is 12.4 Å². The third-order valence-corrected chi connectivity index (χ3v) is 1.52. The topological polar surface area (TPSA) is 59.2 Å². The zero-order valence-corrected chi connectivity index (χ0v) is 8.34. The molecule has 1 amide bonds. The van der Waals surface area contributed by atoms with E-state index in [1.165, 1.54) is 6.20 Å². The summed E-state index contributed by atoms with van der Waals surface area (Å²) >= 11 is 0. The third-order valence-electron chi connectivity index (χ3n) is 1.52. The third kappa shape index (κ3) is 2.91. The van der Waals surface area contributed by atoms with Gasteiger partial charge in [0.25, 0.3) is 0 Å². The molecule has 0 unspecified atom stereocenters. The lowest BCUT2D eigenvalue weighted by atomic mass is 10.2. The molecule has 0 radical (unpaired) electrons. The van der Waals surface area contributed by atoms with Gasteiger partial charge in [-0.3, -0.25) is 9.78 Å². The number of nitrogens with zero attached hydrogens (tertiary/aromatic N) is 2. The van der Waals surface area contributed by atoms with Crippen LogP contribution in [-0.4, -0.2) is 25.0 Å². The smallest absolute Gasteiger partial charge is 0.250 e. The number of carbonyl (C=O) groups excluding carboxylic acids is 1. The number of primary amides is 1. The monoisotopic (exact) mass is 201 g/mol. The summed E-state index contributed by atoms with van der Waals surface area (Å²) in [4.78, 5) is 16.5. The summed E-state index contributed by atoms with van der Waals surface area (Å²) in [5.74, 6) is -0.453. The van der Waals surface area contributed by atoms with Crippen LogP contribution in [0.2, 0.25) is 0 Å². The number of hydrogen-bond acceptors (Lipinski definition) is 3.